The molecule has 0 bridgehead atoms. The molecule has 0 aliphatic heterocycles. The molecule has 1 aromatic carbocycles. The largest absolute Gasteiger partial charge is 0.399 e. The lowest BCUT2D eigenvalue weighted by Gasteiger charge is -2.19. The average molecular weight is 193 g/mol. The highest BCUT2D eigenvalue weighted by atomic mass is 15.1. The Morgan fingerprint density at radius 1 is 1.36 bits per heavy atom. The van der Waals surface area contributed by atoms with Crippen LogP contribution < -0.4 is 11.5 Å². The van der Waals surface area contributed by atoms with E-state index in [1.165, 1.54) is 5.56 Å². The Balaban J connectivity index is 2.57. The number of rotatable bonds is 5. The molecule has 0 saturated carbocycles. The third kappa shape index (κ3) is 3.36. The second-order valence-electron chi connectivity index (χ2n) is 3.40. The van der Waals surface area contributed by atoms with E-state index in [0.717, 1.165) is 25.3 Å². The first-order valence-corrected chi connectivity index (χ1v) is 5.03. The van der Waals surface area contributed by atoms with Crippen LogP contribution in [-0.4, -0.2) is 24.5 Å². The van der Waals surface area contributed by atoms with Crippen LogP contribution in [0.1, 0.15) is 12.5 Å². The minimum atomic E-state index is 0.705. The van der Waals surface area contributed by atoms with Crippen LogP contribution in [0, 0.1) is 0 Å². The zero-order valence-corrected chi connectivity index (χ0v) is 8.74. The molecule has 0 saturated heterocycles. The highest BCUT2D eigenvalue weighted by molar-refractivity contribution is 5.40. The van der Waals surface area contributed by atoms with Gasteiger partial charge in [0.1, 0.15) is 0 Å². The zero-order chi connectivity index (χ0) is 10.4. The van der Waals surface area contributed by atoms with Crippen LogP contribution in [0.3, 0.4) is 0 Å². The summed E-state index contributed by atoms with van der Waals surface area (Å²) in [6.45, 7) is 5.73. The SMILES string of the molecule is CCN(CCN)Cc1cccc(N)c1. The number of nitrogen functional groups attached to an aromatic ring is 1. The van der Waals surface area contributed by atoms with Crippen molar-refractivity contribution in [1.82, 2.24) is 4.90 Å². The predicted molar refractivity (Wildman–Crippen MR) is 60.9 cm³/mol. The summed E-state index contributed by atoms with van der Waals surface area (Å²) in [7, 11) is 0. The minimum absolute atomic E-state index is 0.705. The molecule has 78 valence electrons. The van der Waals surface area contributed by atoms with Gasteiger partial charge in [0.2, 0.25) is 0 Å². The summed E-state index contributed by atoms with van der Waals surface area (Å²) in [5.74, 6) is 0. The van der Waals surface area contributed by atoms with E-state index in [2.05, 4.69) is 17.9 Å². The van der Waals surface area contributed by atoms with Crippen molar-refractivity contribution in [2.24, 2.45) is 5.73 Å². The summed E-state index contributed by atoms with van der Waals surface area (Å²) in [6.07, 6.45) is 0. The third-order valence-electron chi connectivity index (χ3n) is 2.25. The normalized spacial score (nSPS) is 10.8. The van der Waals surface area contributed by atoms with Gasteiger partial charge in [0, 0.05) is 25.3 Å². The van der Waals surface area contributed by atoms with Crippen molar-refractivity contribution >= 4 is 5.69 Å². The van der Waals surface area contributed by atoms with Crippen LogP contribution in [0.25, 0.3) is 0 Å². The van der Waals surface area contributed by atoms with Crippen LogP contribution in [0.5, 0.6) is 0 Å². The predicted octanol–water partition coefficient (Wildman–Crippen LogP) is 1.05. The molecule has 1 aromatic rings. The first-order valence-electron chi connectivity index (χ1n) is 5.03. The van der Waals surface area contributed by atoms with Gasteiger partial charge in [0.15, 0.2) is 0 Å². The van der Waals surface area contributed by atoms with Gasteiger partial charge in [-0.1, -0.05) is 19.1 Å². The lowest BCUT2D eigenvalue weighted by molar-refractivity contribution is 0.288. The molecule has 14 heavy (non-hydrogen) atoms. The number of benzene rings is 1. The topological polar surface area (TPSA) is 55.3 Å². The number of nitrogens with zero attached hydrogens (tertiary/aromatic N) is 1. The van der Waals surface area contributed by atoms with Crippen LogP contribution in [-0.2, 0) is 6.54 Å². The van der Waals surface area contributed by atoms with Crippen molar-refractivity contribution in [3.8, 4) is 0 Å². The Hall–Kier alpha value is -1.06. The molecule has 0 aliphatic carbocycles. The van der Waals surface area contributed by atoms with Gasteiger partial charge >= 0.3 is 0 Å². The van der Waals surface area contributed by atoms with Gasteiger partial charge < -0.3 is 11.5 Å². The second-order valence-corrected chi connectivity index (χ2v) is 3.40. The summed E-state index contributed by atoms with van der Waals surface area (Å²) >= 11 is 0. The molecule has 0 heterocycles. The summed E-state index contributed by atoms with van der Waals surface area (Å²) < 4.78 is 0. The molecule has 0 atom stereocenters. The van der Waals surface area contributed by atoms with E-state index in [1.54, 1.807) is 0 Å². The van der Waals surface area contributed by atoms with Gasteiger partial charge in [-0.05, 0) is 24.2 Å². The first-order chi connectivity index (χ1) is 6.76. The number of likely N-dealkylation sites (N-methyl/N-ethyl adjacent to an activating group) is 1. The number of hydrogen-bond acceptors (Lipinski definition) is 3. The molecule has 3 heteroatoms. The van der Waals surface area contributed by atoms with Crippen molar-refractivity contribution in [3.63, 3.8) is 0 Å². The Morgan fingerprint density at radius 3 is 2.71 bits per heavy atom. The molecule has 1 rings (SSSR count). The standard InChI is InChI=1S/C11H19N3/c1-2-14(7-6-12)9-10-4-3-5-11(13)8-10/h3-5,8H,2,6-7,9,12-13H2,1H3. The number of anilines is 1. The Kier molecular flexibility index (Phi) is 4.43. The fourth-order valence-electron chi connectivity index (χ4n) is 1.48. The number of nitrogens with two attached hydrogens (primary N) is 2. The van der Waals surface area contributed by atoms with E-state index in [4.69, 9.17) is 11.5 Å². The van der Waals surface area contributed by atoms with Gasteiger partial charge in [0.25, 0.3) is 0 Å². The summed E-state index contributed by atoms with van der Waals surface area (Å²) in [5.41, 5.74) is 13.3. The van der Waals surface area contributed by atoms with Crippen LogP contribution >= 0.6 is 0 Å². The average Bonchev–Trinajstić information content (AvgIpc) is 2.17. The highest BCUT2D eigenvalue weighted by Gasteiger charge is 2.01. The first kappa shape index (κ1) is 11.0. The molecule has 0 fully saturated rings. The summed E-state index contributed by atoms with van der Waals surface area (Å²) in [4.78, 5) is 2.30. The Bertz CT molecular complexity index is 273. The molecule has 0 radical (unpaired) electrons. The molecule has 3 nitrogen and oxygen atoms in total. The van der Waals surface area contributed by atoms with E-state index < -0.39 is 0 Å². The molecule has 0 aromatic heterocycles. The maximum absolute atomic E-state index is 5.71. The smallest absolute Gasteiger partial charge is 0.0317 e. The highest BCUT2D eigenvalue weighted by Crippen LogP contribution is 2.08. The van der Waals surface area contributed by atoms with Crippen LogP contribution in [0.2, 0.25) is 0 Å². The molecule has 4 N–H and O–H groups in total. The minimum Gasteiger partial charge on any atom is -0.399 e. The third-order valence-corrected chi connectivity index (χ3v) is 2.25. The maximum atomic E-state index is 5.71. The monoisotopic (exact) mass is 193 g/mol. The molecular weight excluding hydrogens is 174 g/mol. The lowest BCUT2D eigenvalue weighted by atomic mass is 10.2. The van der Waals surface area contributed by atoms with Crippen molar-refractivity contribution in [1.29, 1.82) is 0 Å². The summed E-state index contributed by atoms with van der Waals surface area (Å²) in [6, 6.07) is 8.00. The van der Waals surface area contributed by atoms with Crippen LogP contribution in [0.15, 0.2) is 24.3 Å². The molecule has 0 amide bonds. The molecule has 0 unspecified atom stereocenters. The lowest BCUT2D eigenvalue weighted by Crippen LogP contribution is -2.28. The second kappa shape index (κ2) is 5.62. The molecular formula is C11H19N3. The van der Waals surface area contributed by atoms with E-state index in [1.807, 2.05) is 18.2 Å². The maximum Gasteiger partial charge on any atom is 0.0317 e. The van der Waals surface area contributed by atoms with Crippen molar-refractivity contribution < 1.29 is 0 Å². The Morgan fingerprint density at radius 2 is 2.14 bits per heavy atom. The quantitative estimate of drug-likeness (QED) is 0.687. The van der Waals surface area contributed by atoms with Crippen LogP contribution in [0.4, 0.5) is 5.69 Å². The van der Waals surface area contributed by atoms with E-state index in [9.17, 15) is 0 Å². The Labute approximate surface area is 85.7 Å². The van der Waals surface area contributed by atoms with Gasteiger partial charge in [-0.2, -0.15) is 0 Å². The van der Waals surface area contributed by atoms with Gasteiger partial charge in [-0.25, -0.2) is 0 Å². The molecule has 0 aliphatic rings. The van der Waals surface area contributed by atoms with Gasteiger partial charge in [-0.3, -0.25) is 4.90 Å². The van der Waals surface area contributed by atoms with E-state index >= 15 is 0 Å². The van der Waals surface area contributed by atoms with Crippen molar-refractivity contribution in [2.75, 3.05) is 25.4 Å². The fraction of sp³-hybridized carbons (Fsp3) is 0.455. The summed E-state index contributed by atoms with van der Waals surface area (Å²) in [5, 5.41) is 0. The van der Waals surface area contributed by atoms with Crippen molar-refractivity contribution in [2.45, 2.75) is 13.5 Å². The fourth-order valence-corrected chi connectivity index (χ4v) is 1.48. The van der Waals surface area contributed by atoms with Gasteiger partial charge in [0.05, 0.1) is 0 Å². The van der Waals surface area contributed by atoms with E-state index in [-0.39, 0.29) is 0 Å². The zero-order valence-electron chi connectivity index (χ0n) is 8.74. The van der Waals surface area contributed by atoms with Gasteiger partial charge in [-0.15, -0.1) is 0 Å². The number of hydrogen-bond donors (Lipinski definition) is 2. The van der Waals surface area contributed by atoms with E-state index in [0.29, 0.717) is 6.54 Å². The van der Waals surface area contributed by atoms with Crippen molar-refractivity contribution in [3.05, 3.63) is 29.8 Å². The molecule has 0 spiro atoms.